The molecule has 2 aromatic heterocycles. The molecule has 1 aliphatic heterocycles. The third kappa shape index (κ3) is 3.83. The van der Waals surface area contributed by atoms with Crippen LogP contribution in [0.4, 0.5) is 4.39 Å². The van der Waals surface area contributed by atoms with Crippen LogP contribution in [0.1, 0.15) is 47.2 Å². The molecule has 1 aliphatic rings. The van der Waals surface area contributed by atoms with E-state index < -0.39 is 0 Å². The molecule has 0 N–H and O–H groups in total. The van der Waals surface area contributed by atoms with Gasteiger partial charge in [-0.25, -0.2) is 19.0 Å². The van der Waals surface area contributed by atoms with Crippen LogP contribution in [-0.2, 0) is 13.0 Å². The maximum Gasteiger partial charge on any atom is 0.155 e. The summed E-state index contributed by atoms with van der Waals surface area (Å²) in [7, 11) is 1.67. The molecule has 3 heterocycles. The van der Waals surface area contributed by atoms with Gasteiger partial charge in [0.15, 0.2) is 5.82 Å². The van der Waals surface area contributed by atoms with E-state index in [2.05, 4.69) is 11.1 Å². The molecule has 0 bridgehead atoms. The van der Waals surface area contributed by atoms with Crippen molar-refractivity contribution in [2.45, 2.75) is 38.6 Å². The first-order valence-corrected chi connectivity index (χ1v) is 10.5. The van der Waals surface area contributed by atoms with E-state index in [1.807, 2.05) is 46.6 Å². The van der Waals surface area contributed by atoms with Crippen molar-refractivity contribution in [2.75, 3.05) is 7.11 Å². The van der Waals surface area contributed by atoms with E-state index in [9.17, 15) is 4.39 Å². The summed E-state index contributed by atoms with van der Waals surface area (Å²) in [5.74, 6) is 2.47. The molecule has 6 nitrogen and oxygen atoms in total. The number of methoxy groups -OCH3 is 1. The van der Waals surface area contributed by atoms with E-state index in [1.165, 1.54) is 12.1 Å². The van der Waals surface area contributed by atoms with Gasteiger partial charge in [0.25, 0.3) is 0 Å². The summed E-state index contributed by atoms with van der Waals surface area (Å²) in [6, 6.07) is 12.9. The van der Waals surface area contributed by atoms with Crippen LogP contribution in [0, 0.1) is 12.7 Å². The van der Waals surface area contributed by atoms with Crippen LogP contribution in [0.25, 0.3) is 5.69 Å². The fourth-order valence-electron chi connectivity index (χ4n) is 4.27. The summed E-state index contributed by atoms with van der Waals surface area (Å²) in [6.07, 6.45) is 6.41. The van der Waals surface area contributed by atoms with Gasteiger partial charge in [-0.1, -0.05) is 18.2 Å². The molecule has 0 spiro atoms. The molecular formula is C24H24FN5O. The largest absolute Gasteiger partial charge is 0.495 e. The number of fused-ring (bicyclic) bond motifs is 1. The third-order valence-electron chi connectivity index (χ3n) is 5.79. The zero-order chi connectivity index (χ0) is 21.4. The summed E-state index contributed by atoms with van der Waals surface area (Å²) < 4.78 is 22.9. The highest BCUT2D eigenvalue weighted by atomic mass is 19.1. The number of halogens is 1. The van der Waals surface area contributed by atoms with Gasteiger partial charge in [-0.2, -0.15) is 5.10 Å². The Morgan fingerprint density at radius 3 is 2.74 bits per heavy atom. The van der Waals surface area contributed by atoms with Gasteiger partial charge in [-0.05, 0) is 55.2 Å². The van der Waals surface area contributed by atoms with Crippen LogP contribution in [-0.4, -0.2) is 31.4 Å². The molecule has 4 aromatic rings. The quantitative estimate of drug-likeness (QED) is 0.482. The van der Waals surface area contributed by atoms with Gasteiger partial charge in [0.05, 0.1) is 24.8 Å². The fraction of sp³-hybridized carbons (Fsp3) is 0.292. The highest BCUT2D eigenvalue weighted by Gasteiger charge is 2.26. The lowest BCUT2D eigenvalue weighted by Gasteiger charge is -2.22. The molecule has 0 aliphatic carbocycles. The number of benzene rings is 2. The molecule has 0 fully saturated rings. The lowest BCUT2D eigenvalue weighted by molar-refractivity contribution is 0.412. The molecule has 0 saturated carbocycles. The Morgan fingerprint density at radius 2 is 2.00 bits per heavy atom. The van der Waals surface area contributed by atoms with Gasteiger partial charge < -0.3 is 9.30 Å². The van der Waals surface area contributed by atoms with E-state index in [0.29, 0.717) is 6.42 Å². The van der Waals surface area contributed by atoms with Crippen molar-refractivity contribution in [1.82, 2.24) is 24.3 Å². The third-order valence-corrected chi connectivity index (χ3v) is 5.79. The summed E-state index contributed by atoms with van der Waals surface area (Å²) in [6.45, 7) is 2.82. The Morgan fingerprint density at radius 1 is 1.16 bits per heavy atom. The average Bonchev–Trinajstić information content (AvgIpc) is 3.39. The van der Waals surface area contributed by atoms with Crippen molar-refractivity contribution < 1.29 is 9.13 Å². The normalized spacial score (nSPS) is 15.6. The van der Waals surface area contributed by atoms with Crippen LogP contribution in [0.2, 0.25) is 0 Å². The molecule has 1 unspecified atom stereocenters. The van der Waals surface area contributed by atoms with Gasteiger partial charge in [-0.15, -0.1) is 0 Å². The van der Waals surface area contributed by atoms with Crippen molar-refractivity contribution in [3.63, 3.8) is 0 Å². The van der Waals surface area contributed by atoms with Crippen molar-refractivity contribution in [3.05, 3.63) is 89.3 Å². The van der Waals surface area contributed by atoms with Gasteiger partial charge in [0, 0.05) is 25.1 Å². The molecule has 1 atom stereocenters. The first-order chi connectivity index (χ1) is 15.1. The number of nitrogens with zero attached hydrogens (tertiary/aromatic N) is 5. The first kappa shape index (κ1) is 19.5. The summed E-state index contributed by atoms with van der Waals surface area (Å²) in [4.78, 5) is 9.16. The zero-order valence-corrected chi connectivity index (χ0v) is 17.6. The van der Waals surface area contributed by atoms with Gasteiger partial charge in [0.2, 0.25) is 0 Å². The maximum absolute atomic E-state index is 13.3. The predicted octanol–water partition coefficient (Wildman–Crippen LogP) is 4.44. The number of ether oxygens (including phenoxy) is 1. The number of aryl methyl sites for hydroxylation is 2. The van der Waals surface area contributed by atoms with Crippen LogP contribution in [0.15, 0.2) is 55.0 Å². The Kier molecular flexibility index (Phi) is 5.02. The molecule has 31 heavy (non-hydrogen) atoms. The summed E-state index contributed by atoms with van der Waals surface area (Å²) in [5.41, 5.74) is 4.07. The second-order valence-corrected chi connectivity index (χ2v) is 7.96. The van der Waals surface area contributed by atoms with Crippen LogP contribution in [0.5, 0.6) is 5.75 Å². The van der Waals surface area contributed by atoms with Crippen molar-refractivity contribution in [1.29, 1.82) is 0 Å². The lowest BCUT2D eigenvalue weighted by atomic mass is 9.91. The maximum atomic E-state index is 13.3. The molecule has 5 rings (SSSR count). The fourth-order valence-corrected chi connectivity index (χ4v) is 4.27. The molecular weight excluding hydrogens is 393 g/mol. The highest BCUT2D eigenvalue weighted by molar-refractivity contribution is 5.49. The zero-order valence-electron chi connectivity index (χ0n) is 17.6. The summed E-state index contributed by atoms with van der Waals surface area (Å²) >= 11 is 0. The minimum absolute atomic E-state index is 0.150. The summed E-state index contributed by atoms with van der Waals surface area (Å²) in [5, 5.41) is 4.75. The van der Waals surface area contributed by atoms with Gasteiger partial charge >= 0.3 is 0 Å². The van der Waals surface area contributed by atoms with E-state index >= 15 is 0 Å². The number of rotatable bonds is 5. The molecule has 0 saturated heterocycles. The predicted molar refractivity (Wildman–Crippen MR) is 115 cm³/mol. The monoisotopic (exact) mass is 417 g/mol. The molecule has 0 amide bonds. The highest BCUT2D eigenvalue weighted by Crippen LogP contribution is 2.32. The number of imidazole rings is 1. The first-order valence-electron chi connectivity index (χ1n) is 10.5. The van der Waals surface area contributed by atoms with Crippen LogP contribution >= 0.6 is 0 Å². The van der Waals surface area contributed by atoms with Gasteiger partial charge in [0.1, 0.15) is 17.4 Å². The minimum atomic E-state index is -0.218. The van der Waals surface area contributed by atoms with Crippen molar-refractivity contribution in [3.8, 4) is 11.4 Å². The van der Waals surface area contributed by atoms with E-state index in [0.717, 1.165) is 59.3 Å². The van der Waals surface area contributed by atoms with E-state index in [4.69, 9.17) is 14.8 Å². The Labute approximate surface area is 180 Å². The average molecular weight is 417 g/mol. The smallest absolute Gasteiger partial charge is 0.155 e. The Balaban J connectivity index is 1.42. The molecule has 7 heteroatoms. The standard InChI is InChI=1S/C24H24FN5O/c1-16-14-29(15-26-16)21-10-5-17(12-22(21)31-2)13-23-27-24-20(4-3-11-30(24)28-23)18-6-8-19(25)9-7-18/h5-10,12,14-15,20H,3-4,11,13H2,1-2H3. The lowest BCUT2D eigenvalue weighted by Crippen LogP contribution is -2.17. The van der Waals surface area contributed by atoms with Crippen LogP contribution < -0.4 is 4.74 Å². The number of aromatic nitrogens is 5. The molecule has 158 valence electrons. The topological polar surface area (TPSA) is 57.8 Å². The molecule has 0 radical (unpaired) electrons. The van der Waals surface area contributed by atoms with E-state index in [-0.39, 0.29) is 11.7 Å². The molecule has 2 aromatic carbocycles. The van der Waals surface area contributed by atoms with Crippen molar-refractivity contribution >= 4 is 0 Å². The number of hydrogen-bond donors (Lipinski definition) is 0. The Bertz CT molecular complexity index is 1210. The second-order valence-electron chi connectivity index (χ2n) is 7.96. The van der Waals surface area contributed by atoms with Crippen LogP contribution in [0.3, 0.4) is 0 Å². The SMILES string of the molecule is COc1cc(Cc2nc3n(n2)CCCC3c2ccc(F)cc2)ccc1-n1cnc(C)c1. The van der Waals surface area contributed by atoms with Crippen molar-refractivity contribution in [2.24, 2.45) is 0 Å². The number of hydrogen-bond acceptors (Lipinski definition) is 4. The minimum Gasteiger partial charge on any atom is -0.495 e. The van der Waals surface area contributed by atoms with Gasteiger partial charge in [-0.3, -0.25) is 0 Å². The van der Waals surface area contributed by atoms with E-state index in [1.54, 1.807) is 13.4 Å². The Hall–Kier alpha value is -3.48. The second kappa shape index (κ2) is 7.98.